The molecule has 0 saturated carbocycles. The molecule has 2 aromatic rings. The zero-order valence-electron chi connectivity index (χ0n) is 20.0. The number of hydrogen-bond donors (Lipinski definition) is 2. The zero-order chi connectivity index (χ0) is 24.3. The fourth-order valence-corrected chi connectivity index (χ4v) is 5.54. The molecule has 1 amide bonds. The molecule has 2 saturated heterocycles. The van der Waals surface area contributed by atoms with Crippen molar-refractivity contribution in [3.05, 3.63) is 23.9 Å². The lowest BCUT2D eigenvalue weighted by Gasteiger charge is -2.38. The van der Waals surface area contributed by atoms with Gasteiger partial charge in [-0.2, -0.15) is 5.10 Å². The number of carbonyl (C=O) groups excluding carboxylic acids is 2. The van der Waals surface area contributed by atoms with Gasteiger partial charge in [-0.25, -0.2) is 8.78 Å². The van der Waals surface area contributed by atoms with Gasteiger partial charge in [0, 0.05) is 50.6 Å². The number of anilines is 1. The maximum Gasteiger partial charge on any atom is 0.263 e. The van der Waals surface area contributed by atoms with Gasteiger partial charge in [0.1, 0.15) is 6.29 Å². The van der Waals surface area contributed by atoms with E-state index in [0.29, 0.717) is 43.8 Å². The van der Waals surface area contributed by atoms with Crippen LogP contribution in [0.5, 0.6) is 0 Å². The molecule has 0 aliphatic carbocycles. The molecule has 0 spiro atoms. The molecule has 4 rings (SSSR count). The van der Waals surface area contributed by atoms with Crippen LogP contribution >= 0.6 is 0 Å². The Hall–Kier alpha value is -2.55. The first kappa shape index (κ1) is 24.6. The van der Waals surface area contributed by atoms with Crippen molar-refractivity contribution in [1.82, 2.24) is 20.4 Å². The van der Waals surface area contributed by atoms with Crippen LogP contribution in [0.3, 0.4) is 0 Å². The second-order valence-electron chi connectivity index (χ2n) is 9.71. The molecule has 186 valence electrons. The van der Waals surface area contributed by atoms with Gasteiger partial charge in [0.25, 0.3) is 5.92 Å². The molecule has 1 aromatic heterocycles. The van der Waals surface area contributed by atoms with Crippen molar-refractivity contribution in [3.8, 4) is 0 Å². The molecular formula is C25H35F2N5O2. The number of alkyl halides is 2. The Morgan fingerprint density at radius 1 is 1.32 bits per heavy atom. The summed E-state index contributed by atoms with van der Waals surface area (Å²) < 4.78 is 30.2. The van der Waals surface area contributed by atoms with Gasteiger partial charge in [0.2, 0.25) is 5.91 Å². The Labute approximate surface area is 199 Å². The van der Waals surface area contributed by atoms with Gasteiger partial charge in [-0.15, -0.1) is 0 Å². The molecule has 1 unspecified atom stereocenters. The van der Waals surface area contributed by atoms with Crippen LogP contribution in [-0.2, 0) is 16.6 Å². The van der Waals surface area contributed by atoms with Crippen LogP contribution in [0.15, 0.2) is 18.2 Å². The third kappa shape index (κ3) is 5.09. The molecule has 2 fully saturated rings. The second-order valence-corrected chi connectivity index (χ2v) is 9.71. The van der Waals surface area contributed by atoms with Crippen LogP contribution in [0.25, 0.3) is 10.9 Å². The molecule has 0 radical (unpaired) electrons. The number of nitrogens with one attached hydrogen (secondary N) is 2. The third-order valence-electron chi connectivity index (χ3n) is 7.55. The summed E-state index contributed by atoms with van der Waals surface area (Å²) in [5.41, 5.74) is 2.70. The summed E-state index contributed by atoms with van der Waals surface area (Å²) in [6.45, 7) is 2.18. The Morgan fingerprint density at radius 2 is 2.09 bits per heavy atom. The third-order valence-corrected chi connectivity index (χ3v) is 7.55. The van der Waals surface area contributed by atoms with Crippen LogP contribution in [0.2, 0.25) is 0 Å². The molecule has 2 aliphatic heterocycles. The Balaban J connectivity index is 1.46. The van der Waals surface area contributed by atoms with Crippen molar-refractivity contribution < 1.29 is 18.4 Å². The van der Waals surface area contributed by atoms with Crippen molar-refractivity contribution in [2.24, 2.45) is 18.9 Å². The lowest BCUT2D eigenvalue weighted by Crippen LogP contribution is -2.47. The molecule has 3 heterocycles. The molecular weight excluding hydrogens is 440 g/mol. The van der Waals surface area contributed by atoms with E-state index in [4.69, 9.17) is 0 Å². The maximum absolute atomic E-state index is 14.2. The Bertz CT molecular complexity index is 1020. The molecule has 2 aliphatic rings. The number of rotatable bonds is 8. The van der Waals surface area contributed by atoms with E-state index in [1.54, 1.807) is 11.7 Å². The van der Waals surface area contributed by atoms with E-state index in [-0.39, 0.29) is 12.5 Å². The van der Waals surface area contributed by atoms with Crippen LogP contribution in [0, 0.1) is 11.8 Å². The number of carbonyl (C=O) groups is 2. The summed E-state index contributed by atoms with van der Waals surface area (Å²) in [5.74, 6) is -3.40. The second kappa shape index (κ2) is 10.4. The predicted octanol–water partition coefficient (Wildman–Crippen LogP) is 3.23. The monoisotopic (exact) mass is 475 g/mol. The van der Waals surface area contributed by atoms with Gasteiger partial charge in [-0.1, -0.05) is 0 Å². The van der Waals surface area contributed by atoms with E-state index in [1.807, 2.05) is 13.1 Å². The fourth-order valence-electron chi connectivity index (χ4n) is 5.54. The highest BCUT2D eigenvalue weighted by molar-refractivity contribution is 5.92. The van der Waals surface area contributed by atoms with E-state index in [2.05, 4.69) is 32.8 Å². The molecule has 9 heteroatoms. The van der Waals surface area contributed by atoms with Crippen LogP contribution < -0.4 is 15.5 Å². The van der Waals surface area contributed by atoms with E-state index < -0.39 is 17.8 Å². The minimum atomic E-state index is -2.60. The molecule has 2 atom stereocenters. The van der Waals surface area contributed by atoms with Gasteiger partial charge >= 0.3 is 0 Å². The predicted molar refractivity (Wildman–Crippen MR) is 128 cm³/mol. The number of fused-ring (bicyclic) bond motifs is 1. The average molecular weight is 476 g/mol. The van der Waals surface area contributed by atoms with E-state index in [1.165, 1.54) is 0 Å². The number of halogens is 2. The van der Waals surface area contributed by atoms with Crippen molar-refractivity contribution in [1.29, 1.82) is 0 Å². The van der Waals surface area contributed by atoms with E-state index >= 15 is 0 Å². The average Bonchev–Trinajstić information content (AvgIpc) is 3.16. The smallest absolute Gasteiger partial charge is 0.263 e. The Kier molecular flexibility index (Phi) is 7.50. The normalized spacial score (nSPS) is 22.0. The van der Waals surface area contributed by atoms with Crippen LogP contribution in [0.4, 0.5) is 14.5 Å². The largest absolute Gasteiger partial charge is 0.371 e. The number of nitrogens with zero attached hydrogens (tertiary/aromatic N) is 3. The standard InChI is InChI=1S/C25H35F2N5O2/c1-28-24(34)21(4-3-13-33)23-20-6-5-19(15-22(20)31(2)30-23)32-11-8-17(9-12-32)14-18-7-10-29-16-25(18,26)27/h5-6,13,15,17-18,21,29H,3-4,7-12,14,16H2,1-2H3,(H,28,34)/t18-,21?/m1/s1. The number of amides is 1. The zero-order valence-corrected chi connectivity index (χ0v) is 20.0. The van der Waals surface area contributed by atoms with E-state index in [0.717, 1.165) is 48.8 Å². The number of piperidine rings is 2. The summed E-state index contributed by atoms with van der Waals surface area (Å²) in [5, 5.41) is 11.0. The lowest BCUT2D eigenvalue weighted by molar-refractivity contribution is -0.122. The number of aromatic nitrogens is 2. The van der Waals surface area contributed by atoms with Gasteiger partial charge in [0.15, 0.2) is 0 Å². The minimum absolute atomic E-state index is 0.146. The fraction of sp³-hybridized carbons (Fsp3) is 0.640. The quantitative estimate of drug-likeness (QED) is 0.573. The van der Waals surface area contributed by atoms with Crippen molar-refractivity contribution >= 4 is 28.8 Å². The van der Waals surface area contributed by atoms with Crippen molar-refractivity contribution in [2.75, 3.05) is 38.1 Å². The number of benzene rings is 1. The summed E-state index contributed by atoms with van der Waals surface area (Å²) in [6.07, 6.45) is 4.53. The van der Waals surface area contributed by atoms with Gasteiger partial charge in [0.05, 0.1) is 23.7 Å². The Morgan fingerprint density at radius 3 is 2.76 bits per heavy atom. The van der Waals surface area contributed by atoms with Crippen molar-refractivity contribution in [2.45, 2.75) is 50.4 Å². The molecule has 0 bridgehead atoms. The number of likely N-dealkylation sites (N-methyl/N-ethyl adjacent to an activating group) is 1. The minimum Gasteiger partial charge on any atom is -0.371 e. The van der Waals surface area contributed by atoms with Crippen LogP contribution in [0.1, 0.15) is 50.1 Å². The topological polar surface area (TPSA) is 79.3 Å². The molecule has 1 aromatic carbocycles. The first-order chi connectivity index (χ1) is 16.3. The maximum atomic E-state index is 14.2. The van der Waals surface area contributed by atoms with Gasteiger partial charge in [-0.05, 0) is 62.8 Å². The SMILES string of the molecule is CNC(=O)C(CCC=O)c1nn(C)c2cc(N3CCC(C[C@H]4CCNCC4(F)F)CC3)ccc12. The highest BCUT2D eigenvalue weighted by Crippen LogP contribution is 2.38. The molecule has 7 nitrogen and oxygen atoms in total. The summed E-state index contributed by atoms with van der Waals surface area (Å²) in [6, 6.07) is 6.15. The highest BCUT2D eigenvalue weighted by Gasteiger charge is 2.42. The van der Waals surface area contributed by atoms with Crippen LogP contribution in [-0.4, -0.2) is 61.1 Å². The number of hydrogen-bond acceptors (Lipinski definition) is 5. The first-order valence-electron chi connectivity index (χ1n) is 12.3. The summed E-state index contributed by atoms with van der Waals surface area (Å²) in [4.78, 5) is 25.7. The number of aldehydes is 1. The van der Waals surface area contributed by atoms with E-state index in [9.17, 15) is 18.4 Å². The molecule has 34 heavy (non-hydrogen) atoms. The molecule has 2 N–H and O–H groups in total. The number of aryl methyl sites for hydroxylation is 1. The first-order valence-corrected chi connectivity index (χ1v) is 12.3. The summed E-state index contributed by atoms with van der Waals surface area (Å²) in [7, 11) is 3.46. The van der Waals surface area contributed by atoms with Gasteiger partial charge < -0.3 is 20.3 Å². The highest BCUT2D eigenvalue weighted by atomic mass is 19.3. The van der Waals surface area contributed by atoms with Crippen molar-refractivity contribution in [3.63, 3.8) is 0 Å². The summed E-state index contributed by atoms with van der Waals surface area (Å²) >= 11 is 0. The lowest BCUT2D eigenvalue weighted by atomic mass is 9.81. The van der Waals surface area contributed by atoms with Gasteiger partial charge in [-0.3, -0.25) is 9.48 Å².